The summed E-state index contributed by atoms with van der Waals surface area (Å²) in [6.07, 6.45) is 5.05. The van der Waals surface area contributed by atoms with Gasteiger partial charge in [0.05, 0.1) is 12.4 Å². The van der Waals surface area contributed by atoms with E-state index in [1.807, 2.05) is 6.20 Å². The van der Waals surface area contributed by atoms with Crippen LogP contribution in [0, 0.1) is 0 Å². The molecule has 0 bridgehead atoms. The van der Waals surface area contributed by atoms with E-state index in [2.05, 4.69) is 21.9 Å². The van der Waals surface area contributed by atoms with E-state index in [4.69, 9.17) is 0 Å². The Morgan fingerprint density at radius 1 is 1.77 bits per heavy atom. The monoisotopic (exact) mass is 181 g/mol. The van der Waals surface area contributed by atoms with E-state index in [-0.39, 0.29) is 12.1 Å². The Hall–Kier alpha value is -0.870. The second-order valence-electron chi connectivity index (χ2n) is 3.68. The molecule has 1 saturated heterocycles. The van der Waals surface area contributed by atoms with Gasteiger partial charge in [-0.2, -0.15) is 0 Å². The van der Waals surface area contributed by atoms with Crippen LogP contribution in [0.5, 0.6) is 0 Å². The lowest BCUT2D eigenvalue weighted by atomic mass is 10.1. The number of likely N-dealkylation sites (N-methyl/N-ethyl adjacent to an activating group) is 1. The minimum Gasteiger partial charge on any atom is -0.391 e. The van der Waals surface area contributed by atoms with Crippen molar-refractivity contribution < 1.29 is 5.11 Å². The van der Waals surface area contributed by atoms with Gasteiger partial charge in [0, 0.05) is 30.9 Å². The van der Waals surface area contributed by atoms with Crippen molar-refractivity contribution >= 4 is 0 Å². The fourth-order valence-corrected chi connectivity index (χ4v) is 1.90. The van der Waals surface area contributed by atoms with Gasteiger partial charge >= 0.3 is 0 Å². The van der Waals surface area contributed by atoms with E-state index >= 15 is 0 Å². The third kappa shape index (κ3) is 1.73. The van der Waals surface area contributed by atoms with Crippen LogP contribution >= 0.6 is 0 Å². The number of likely N-dealkylation sites (tertiary alicyclic amines) is 1. The Morgan fingerprint density at radius 3 is 3.15 bits per heavy atom. The summed E-state index contributed by atoms with van der Waals surface area (Å²) in [5.74, 6) is 0. The van der Waals surface area contributed by atoms with Gasteiger partial charge in [-0.3, -0.25) is 0 Å². The number of aliphatic hydroxyl groups is 1. The van der Waals surface area contributed by atoms with Crippen LogP contribution in [0.25, 0.3) is 0 Å². The maximum Gasteiger partial charge on any atom is 0.0921 e. The van der Waals surface area contributed by atoms with Crippen LogP contribution in [0.1, 0.15) is 12.1 Å². The van der Waals surface area contributed by atoms with Crippen molar-refractivity contribution in [1.29, 1.82) is 0 Å². The SMILES string of the molecule is CN1CCC(O)[C@@H]1Cc1cnc[nH]1. The number of H-pyrrole nitrogens is 1. The van der Waals surface area contributed by atoms with Gasteiger partial charge in [-0.05, 0) is 13.5 Å². The molecule has 72 valence electrons. The van der Waals surface area contributed by atoms with Crippen LogP contribution < -0.4 is 0 Å². The molecule has 1 aliphatic rings. The molecule has 2 heterocycles. The van der Waals surface area contributed by atoms with Crippen LogP contribution in [0.15, 0.2) is 12.5 Å². The maximum atomic E-state index is 9.68. The molecule has 0 amide bonds. The highest BCUT2D eigenvalue weighted by Crippen LogP contribution is 2.18. The average molecular weight is 181 g/mol. The highest BCUT2D eigenvalue weighted by atomic mass is 16.3. The fraction of sp³-hybridized carbons (Fsp3) is 0.667. The zero-order chi connectivity index (χ0) is 9.26. The molecule has 0 saturated carbocycles. The topological polar surface area (TPSA) is 52.1 Å². The Morgan fingerprint density at radius 2 is 2.62 bits per heavy atom. The Kier molecular flexibility index (Phi) is 2.33. The van der Waals surface area contributed by atoms with Crippen LogP contribution in [-0.4, -0.2) is 45.7 Å². The molecule has 0 spiro atoms. The lowest BCUT2D eigenvalue weighted by molar-refractivity contribution is 0.126. The Balaban J connectivity index is 2.01. The van der Waals surface area contributed by atoms with Crippen molar-refractivity contribution in [3.8, 4) is 0 Å². The van der Waals surface area contributed by atoms with E-state index in [1.54, 1.807) is 6.33 Å². The van der Waals surface area contributed by atoms with E-state index in [0.717, 1.165) is 25.1 Å². The van der Waals surface area contributed by atoms with Gasteiger partial charge in [0.1, 0.15) is 0 Å². The van der Waals surface area contributed by atoms with Crippen molar-refractivity contribution in [2.24, 2.45) is 0 Å². The smallest absolute Gasteiger partial charge is 0.0921 e. The summed E-state index contributed by atoms with van der Waals surface area (Å²) in [5, 5.41) is 9.68. The van der Waals surface area contributed by atoms with Crippen molar-refractivity contribution in [1.82, 2.24) is 14.9 Å². The average Bonchev–Trinajstić information content (AvgIpc) is 2.70. The number of rotatable bonds is 2. The molecule has 1 aliphatic heterocycles. The quantitative estimate of drug-likeness (QED) is 0.676. The number of aromatic amines is 1. The molecule has 0 aromatic carbocycles. The predicted molar refractivity (Wildman–Crippen MR) is 49.3 cm³/mol. The summed E-state index contributed by atoms with van der Waals surface area (Å²) in [4.78, 5) is 9.21. The van der Waals surface area contributed by atoms with E-state index in [9.17, 15) is 5.11 Å². The third-order valence-corrected chi connectivity index (χ3v) is 2.77. The number of aliphatic hydroxyl groups excluding tert-OH is 1. The summed E-state index contributed by atoms with van der Waals surface area (Å²) >= 11 is 0. The van der Waals surface area contributed by atoms with Crippen molar-refractivity contribution in [2.75, 3.05) is 13.6 Å². The molecule has 4 heteroatoms. The van der Waals surface area contributed by atoms with Gasteiger partial charge in [0.15, 0.2) is 0 Å². The van der Waals surface area contributed by atoms with E-state index in [0.29, 0.717) is 0 Å². The van der Waals surface area contributed by atoms with Gasteiger partial charge < -0.3 is 15.0 Å². The summed E-state index contributed by atoms with van der Waals surface area (Å²) in [6.45, 7) is 0.986. The minimum atomic E-state index is -0.187. The predicted octanol–water partition coefficient (Wildman–Crippen LogP) is 0.0172. The standard InChI is InChI=1S/C9H15N3O/c1-12-3-2-9(13)8(12)4-7-5-10-6-11-7/h5-6,8-9,13H,2-4H2,1H3,(H,10,11)/t8-,9?/m0/s1. The van der Waals surface area contributed by atoms with Crippen LogP contribution in [-0.2, 0) is 6.42 Å². The second kappa shape index (κ2) is 3.47. The molecule has 2 rings (SSSR count). The third-order valence-electron chi connectivity index (χ3n) is 2.77. The normalized spacial score (nSPS) is 29.7. The molecule has 1 unspecified atom stereocenters. The Bertz CT molecular complexity index is 250. The van der Waals surface area contributed by atoms with Gasteiger partial charge in [-0.25, -0.2) is 4.98 Å². The molecule has 1 aromatic rings. The molecule has 0 radical (unpaired) electrons. The van der Waals surface area contributed by atoms with Gasteiger partial charge in [0.25, 0.3) is 0 Å². The first-order valence-electron chi connectivity index (χ1n) is 4.63. The number of imidazole rings is 1. The molecular formula is C9H15N3O. The van der Waals surface area contributed by atoms with E-state index in [1.165, 1.54) is 0 Å². The molecule has 13 heavy (non-hydrogen) atoms. The van der Waals surface area contributed by atoms with Crippen LogP contribution in [0.3, 0.4) is 0 Å². The largest absolute Gasteiger partial charge is 0.391 e. The summed E-state index contributed by atoms with van der Waals surface area (Å²) < 4.78 is 0. The van der Waals surface area contributed by atoms with Crippen molar-refractivity contribution in [2.45, 2.75) is 25.0 Å². The lowest BCUT2D eigenvalue weighted by Crippen LogP contribution is -2.34. The van der Waals surface area contributed by atoms with E-state index < -0.39 is 0 Å². The minimum absolute atomic E-state index is 0.187. The zero-order valence-corrected chi connectivity index (χ0v) is 7.77. The number of aromatic nitrogens is 2. The summed E-state index contributed by atoms with van der Waals surface area (Å²) in [7, 11) is 2.05. The Labute approximate surface area is 77.6 Å². The number of nitrogens with zero attached hydrogens (tertiary/aromatic N) is 2. The fourth-order valence-electron chi connectivity index (χ4n) is 1.90. The molecule has 1 aromatic heterocycles. The number of hydrogen-bond acceptors (Lipinski definition) is 3. The number of hydrogen-bond donors (Lipinski definition) is 2. The molecular weight excluding hydrogens is 166 g/mol. The number of nitrogens with one attached hydrogen (secondary N) is 1. The molecule has 2 atom stereocenters. The summed E-state index contributed by atoms with van der Waals surface area (Å²) in [5.41, 5.74) is 1.10. The highest BCUT2D eigenvalue weighted by Gasteiger charge is 2.30. The molecule has 0 aliphatic carbocycles. The highest BCUT2D eigenvalue weighted by molar-refractivity contribution is 5.01. The molecule has 1 fully saturated rings. The molecule has 4 nitrogen and oxygen atoms in total. The van der Waals surface area contributed by atoms with Gasteiger partial charge in [-0.1, -0.05) is 0 Å². The first kappa shape index (κ1) is 8.72. The zero-order valence-electron chi connectivity index (χ0n) is 7.77. The van der Waals surface area contributed by atoms with Gasteiger partial charge in [0.2, 0.25) is 0 Å². The summed E-state index contributed by atoms with van der Waals surface area (Å²) in [6, 6.07) is 0.250. The maximum absolute atomic E-state index is 9.68. The van der Waals surface area contributed by atoms with Crippen LogP contribution in [0.2, 0.25) is 0 Å². The van der Waals surface area contributed by atoms with Crippen molar-refractivity contribution in [3.05, 3.63) is 18.2 Å². The first-order valence-corrected chi connectivity index (χ1v) is 4.63. The van der Waals surface area contributed by atoms with Crippen LogP contribution in [0.4, 0.5) is 0 Å². The molecule has 2 N–H and O–H groups in total. The van der Waals surface area contributed by atoms with Crippen molar-refractivity contribution in [3.63, 3.8) is 0 Å². The van der Waals surface area contributed by atoms with Gasteiger partial charge in [-0.15, -0.1) is 0 Å². The second-order valence-corrected chi connectivity index (χ2v) is 3.68. The first-order chi connectivity index (χ1) is 6.27. The lowest BCUT2D eigenvalue weighted by Gasteiger charge is -2.20.